The van der Waals surface area contributed by atoms with Crippen molar-refractivity contribution in [2.75, 3.05) is 6.61 Å². The summed E-state index contributed by atoms with van der Waals surface area (Å²) in [7, 11) is 0. The molecule has 100 valence electrons. The van der Waals surface area contributed by atoms with Gasteiger partial charge in [0, 0.05) is 42.3 Å². The van der Waals surface area contributed by atoms with Gasteiger partial charge in [-0.05, 0) is 40.0 Å². The summed E-state index contributed by atoms with van der Waals surface area (Å²) in [6, 6.07) is 4.34. The zero-order valence-corrected chi connectivity index (χ0v) is 11.9. The summed E-state index contributed by atoms with van der Waals surface area (Å²) >= 11 is 3.43. The van der Waals surface area contributed by atoms with Gasteiger partial charge in [0.05, 0.1) is 5.69 Å². The van der Waals surface area contributed by atoms with E-state index in [0.29, 0.717) is 6.04 Å². The Hall–Kier alpha value is -1.24. The van der Waals surface area contributed by atoms with Crippen LogP contribution in [0.4, 0.5) is 0 Å². The number of H-pyrrole nitrogens is 1. The van der Waals surface area contributed by atoms with Crippen molar-refractivity contribution in [1.82, 2.24) is 20.5 Å². The van der Waals surface area contributed by atoms with Crippen molar-refractivity contribution in [2.24, 2.45) is 0 Å². The molecule has 1 aliphatic rings. The Morgan fingerprint density at radius 3 is 3.21 bits per heavy atom. The van der Waals surface area contributed by atoms with Gasteiger partial charge in [-0.1, -0.05) is 0 Å². The lowest BCUT2D eigenvalue weighted by Crippen LogP contribution is -2.31. The smallest absolute Gasteiger partial charge is 0.114 e. The predicted octanol–water partition coefficient (Wildman–Crippen LogP) is 2.19. The number of nitrogens with zero attached hydrogens (tertiary/aromatic N) is 2. The van der Waals surface area contributed by atoms with Crippen molar-refractivity contribution in [3.05, 3.63) is 46.5 Å². The number of pyridine rings is 1. The monoisotopic (exact) mass is 322 g/mol. The maximum atomic E-state index is 5.76. The number of aromatic amines is 1. The third-order valence-electron chi connectivity index (χ3n) is 3.25. The van der Waals surface area contributed by atoms with Crippen molar-refractivity contribution in [1.29, 1.82) is 0 Å². The Morgan fingerprint density at radius 2 is 2.42 bits per heavy atom. The fourth-order valence-electron chi connectivity index (χ4n) is 2.33. The molecular formula is C13H15BrN4O. The van der Waals surface area contributed by atoms with Crippen molar-refractivity contribution < 1.29 is 4.74 Å². The molecule has 1 fully saturated rings. The van der Waals surface area contributed by atoms with E-state index in [4.69, 9.17) is 4.74 Å². The van der Waals surface area contributed by atoms with Crippen molar-refractivity contribution in [3.63, 3.8) is 0 Å². The van der Waals surface area contributed by atoms with Crippen LogP contribution in [0.1, 0.15) is 23.8 Å². The van der Waals surface area contributed by atoms with E-state index in [1.807, 2.05) is 12.3 Å². The molecule has 2 N–H and O–H groups in total. The van der Waals surface area contributed by atoms with Crippen LogP contribution < -0.4 is 5.32 Å². The number of rotatable bonds is 4. The number of nitrogens with one attached hydrogen (secondary N) is 2. The van der Waals surface area contributed by atoms with Gasteiger partial charge in [-0.15, -0.1) is 0 Å². The molecule has 1 aliphatic heterocycles. The van der Waals surface area contributed by atoms with Gasteiger partial charge in [0.2, 0.25) is 0 Å². The van der Waals surface area contributed by atoms with Gasteiger partial charge in [-0.2, -0.15) is 5.10 Å². The van der Waals surface area contributed by atoms with E-state index in [1.54, 1.807) is 12.4 Å². The van der Waals surface area contributed by atoms with Crippen LogP contribution in [0.3, 0.4) is 0 Å². The zero-order valence-electron chi connectivity index (χ0n) is 10.3. The molecule has 5 nitrogen and oxygen atoms in total. The maximum absolute atomic E-state index is 5.76. The van der Waals surface area contributed by atoms with Crippen LogP contribution in [0.5, 0.6) is 0 Å². The summed E-state index contributed by atoms with van der Waals surface area (Å²) in [6.45, 7) is 1.56. The summed E-state index contributed by atoms with van der Waals surface area (Å²) in [6.07, 6.45) is 6.48. The molecule has 0 spiro atoms. The number of aromatic nitrogens is 3. The Labute approximate surface area is 119 Å². The number of ether oxygens (including phenoxy) is 1. The molecule has 0 radical (unpaired) electrons. The molecule has 0 aliphatic carbocycles. The van der Waals surface area contributed by atoms with Gasteiger partial charge < -0.3 is 10.1 Å². The quantitative estimate of drug-likeness (QED) is 0.905. The van der Waals surface area contributed by atoms with Crippen LogP contribution in [-0.2, 0) is 11.3 Å². The second kappa shape index (κ2) is 5.81. The molecule has 0 saturated carbocycles. The lowest BCUT2D eigenvalue weighted by molar-refractivity contribution is 0.0950. The van der Waals surface area contributed by atoms with Crippen LogP contribution in [0.2, 0.25) is 0 Å². The van der Waals surface area contributed by atoms with E-state index in [2.05, 4.69) is 42.5 Å². The van der Waals surface area contributed by atoms with E-state index < -0.39 is 0 Å². The van der Waals surface area contributed by atoms with Crippen LogP contribution in [-0.4, -0.2) is 27.8 Å². The molecule has 2 aromatic heterocycles. The molecule has 0 amide bonds. The van der Waals surface area contributed by atoms with Gasteiger partial charge in [0.15, 0.2) is 0 Å². The second-order valence-electron chi connectivity index (χ2n) is 4.59. The molecule has 2 aromatic rings. The summed E-state index contributed by atoms with van der Waals surface area (Å²) < 4.78 is 6.76. The average Bonchev–Trinajstić information content (AvgIpc) is 3.07. The summed E-state index contributed by atoms with van der Waals surface area (Å²) in [4.78, 5) is 4.16. The fourth-order valence-corrected chi connectivity index (χ4v) is 2.74. The highest BCUT2D eigenvalue weighted by atomic mass is 79.9. The van der Waals surface area contributed by atoms with Crippen molar-refractivity contribution in [3.8, 4) is 0 Å². The second-order valence-corrected chi connectivity index (χ2v) is 5.51. The molecule has 6 heteroatoms. The minimum Gasteiger partial charge on any atom is -0.370 e. The molecular weight excluding hydrogens is 308 g/mol. The number of hydrogen-bond acceptors (Lipinski definition) is 4. The first-order valence-corrected chi connectivity index (χ1v) is 7.06. The summed E-state index contributed by atoms with van der Waals surface area (Å²) in [5.41, 5.74) is 2.19. The number of hydrogen-bond donors (Lipinski definition) is 2. The summed E-state index contributed by atoms with van der Waals surface area (Å²) in [5.74, 6) is 0. The molecule has 3 heterocycles. The van der Waals surface area contributed by atoms with Crippen molar-refractivity contribution >= 4 is 15.9 Å². The highest BCUT2D eigenvalue weighted by molar-refractivity contribution is 9.10. The average molecular weight is 323 g/mol. The molecule has 0 aromatic carbocycles. The number of halogens is 1. The fraction of sp³-hybridized carbons (Fsp3) is 0.385. The highest BCUT2D eigenvalue weighted by Crippen LogP contribution is 2.27. The van der Waals surface area contributed by atoms with Gasteiger partial charge in [-0.25, -0.2) is 0 Å². The lowest BCUT2D eigenvalue weighted by atomic mass is 10.1. The summed E-state index contributed by atoms with van der Waals surface area (Å²) in [5, 5.41) is 10.5. The van der Waals surface area contributed by atoms with Gasteiger partial charge in [0.25, 0.3) is 0 Å². The van der Waals surface area contributed by atoms with Gasteiger partial charge >= 0.3 is 0 Å². The van der Waals surface area contributed by atoms with Crippen LogP contribution in [0, 0.1) is 0 Å². The van der Waals surface area contributed by atoms with Gasteiger partial charge in [0.1, 0.15) is 6.10 Å². The molecule has 19 heavy (non-hydrogen) atoms. The van der Waals surface area contributed by atoms with E-state index in [9.17, 15) is 0 Å². The van der Waals surface area contributed by atoms with E-state index >= 15 is 0 Å². The standard InChI is InChI=1S/C13H15BrN4O/c14-10-5-9(6-15-8-10)7-16-11-2-4-19-13(11)12-1-3-17-18-12/h1,3,5-6,8,11,13,16H,2,4,7H2,(H,17,18)/t11-,13-/m0/s1. The topological polar surface area (TPSA) is 62.8 Å². The van der Waals surface area contributed by atoms with Gasteiger partial charge in [-0.3, -0.25) is 10.1 Å². The normalized spacial score (nSPS) is 22.8. The lowest BCUT2D eigenvalue weighted by Gasteiger charge is -2.18. The van der Waals surface area contributed by atoms with Crippen molar-refractivity contribution in [2.45, 2.75) is 25.1 Å². The first kappa shape index (κ1) is 12.8. The zero-order chi connectivity index (χ0) is 13.1. The Balaban J connectivity index is 1.63. The first-order valence-electron chi connectivity index (χ1n) is 6.26. The van der Waals surface area contributed by atoms with Crippen LogP contribution in [0.25, 0.3) is 0 Å². The minimum absolute atomic E-state index is 0.0580. The Morgan fingerprint density at radius 1 is 1.47 bits per heavy atom. The van der Waals surface area contributed by atoms with E-state index in [1.165, 1.54) is 0 Å². The third kappa shape index (κ3) is 3.02. The maximum Gasteiger partial charge on any atom is 0.114 e. The minimum atomic E-state index is 0.0580. The third-order valence-corrected chi connectivity index (χ3v) is 3.68. The molecule has 0 bridgehead atoms. The van der Waals surface area contributed by atoms with Crippen LogP contribution >= 0.6 is 15.9 Å². The Kier molecular flexibility index (Phi) is 3.91. The molecule has 2 atom stereocenters. The molecule has 0 unspecified atom stereocenters. The predicted molar refractivity (Wildman–Crippen MR) is 74.5 cm³/mol. The molecule has 3 rings (SSSR count). The van der Waals surface area contributed by atoms with E-state index in [0.717, 1.165) is 35.3 Å². The van der Waals surface area contributed by atoms with E-state index in [-0.39, 0.29) is 6.10 Å². The largest absolute Gasteiger partial charge is 0.370 e. The molecule has 1 saturated heterocycles. The van der Waals surface area contributed by atoms with Crippen LogP contribution in [0.15, 0.2) is 35.2 Å². The highest BCUT2D eigenvalue weighted by Gasteiger charge is 2.30. The Bertz CT molecular complexity index is 531. The first-order chi connectivity index (χ1) is 9.33. The SMILES string of the molecule is Brc1cncc(CN[C@H]2CCO[C@@H]2c2ccn[nH]2)c1.